The summed E-state index contributed by atoms with van der Waals surface area (Å²) in [6.45, 7) is 14.1. The van der Waals surface area contributed by atoms with Crippen LogP contribution in [0.3, 0.4) is 0 Å². The number of aliphatic hydroxyl groups is 2. The summed E-state index contributed by atoms with van der Waals surface area (Å²) in [7, 11) is 1.51. The van der Waals surface area contributed by atoms with Crippen LogP contribution in [0.5, 0.6) is 0 Å². The average molecular weight is 608 g/mol. The van der Waals surface area contributed by atoms with Crippen molar-refractivity contribution < 1.29 is 43.6 Å². The number of fused-ring (bicyclic) bond motifs is 1. The minimum Gasteiger partial charge on any atom is -0.457 e. The molecule has 13 heteroatoms. The maximum atomic E-state index is 13.1. The van der Waals surface area contributed by atoms with Crippen LogP contribution in [0.4, 0.5) is 9.59 Å². The zero-order chi connectivity index (χ0) is 31.1. The number of rotatable bonds is 14. The Hall–Kier alpha value is -3.29. The van der Waals surface area contributed by atoms with E-state index in [0.717, 1.165) is 0 Å². The van der Waals surface area contributed by atoms with Crippen molar-refractivity contribution in [2.24, 2.45) is 11.8 Å². The fourth-order valence-electron chi connectivity index (χ4n) is 5.72. The van der Waals surface area contributed by atoms with Gasteiger partial charge in [-0.1, -0.05) is 44.9 Å². The van der Waals surface area contributed by atoms with E-state index in [1.807, 2.05) is 6.92 Å². The molecular formula is C29H41N3O9S. The van der Waals surface area contributed by atoms with Gasteiger partial charge < -0.3 is 39.1 Å². The smallest absolute Gasteiger partial charge is 0.410 e. The molecule has 2 N–H and O–H groups in total. The monoisotopic (exact) mass is 607 g/mol. The second-order valence-electron chi connectivity index (χ2n) is 10.5. The van der Waals surface area contributed by atoms with Crippen LogP contribution >= 0.6 is 11.8 Å². The Morgan fingerprint density at radius 2 is 1.74 bits per heavy atom. The second kappa shape index (κ2) is 14.7. The van der Waals surface area contributed by atoms with E-state index in [9.17, 15) is 29.4 Å². The number of β-lactam (4-membered cyclic amide) rings is 1. The number of amides is 3. The molecule has 3 rings (SSSR count). The van der Waals surface area contributed by atoms with E-state index in [1.54, 1.807) is 11.8 Å². The molecule has 3 heterocycles. The van der Waals surface area contributed by atoms with Crippen LogP contribution in [-0.4, -0.2) is 118 Å². The number of nitrogens with zero attached hydrogens (tertiary/aromatic N) is 3. The standard InChI is InChI=1S/C29H41N3O9S/c1-7-10-39-27(36)24-25(17(4)23-22(18(5)34)26(35)32(23)24)42-21-14-19(31(15-21)29(38)41-12-9-3)13-20(16-33)30(6)28(37)40-11-8-2/h7-9,17-23,33-34H,1-3,10-16H2,4-6H3/t17-,18-,19-,20?,21+,22-,23-/m1/s1. The topological polar surface area (TPSA) is 146 Å². The van der Waals surface area contributed by atoms with Gasteiger partial charge in [-0.05, 0) is 19.8 Å². The van der Waals surface area contributed by atoms with Crippen molar-refractivity contribution in [3.63, 3.8) is 0 Å². The Morgan fingerprint density at radius 3 is 2.33 bits per heavy atom. The first kappa shape index (κ1) is 33.2. The number of carbonyl (C=O) groups is 4. The zero-order valence-corrected chi connectivity index (χ0v) is 25.2. The van der Waals surface area contributed by atoms with E-state index in [4.69, 9.17) is 14.2 Å². The fraction of sp³-hybridized carbons (Fsp3) is 0.586. The van der Waals surface area contributed by atoms with E-state index in [-0.39, 0.29) is 68.2 Å². The van der Waals surface area contributed by atoms with Crippen LogP contribution in [0.1, 0.15) is 26.7 Å². The lowest BCUT2D eigenvalue weighted by molar-refractivity contribution is -0.164. The normalized spacial score (nSPS) is 26.1. The van der Waals surface area contributed by atoms with Crippen LogP contribution in [-0.2, 0) is 23.8 Å². The van der Waals surface area contributed by atoms with Gasteiger partial charge in [0.2, 0.25) is 5.91 Å². The molecule has 0 saturated carbocycles. The fourth-order valence-corrected chi connectivity index (χ4v) is 7.28. The van der Waals surface area contributed by atoms with Crippen molar-refractivity contribution >= 4 is 35.8 Å². The molecule has 12 nitrogen and oxygen atoms in total. The number of hydrogen-bond donors (Lipinski definition) is 2. The van der Waals surface area contributed by atoms with E-state index >= 15 is 0 Å². The lowest BCUT2D eigenvalue weighted by atomic mass is 9.79. The van der Waals surface area contributed by atoms with E-state index in [1.165, 1.54) is 46.8 Å². The summed E-state index contributed by atoms with van der Waals surface area (Å²) >= 11 is 1.39. The molecule has 2 fully saturated rings. The highest BCUT2D eigenvalue weighted by Crippen LogP contribution is 2.52. The Balaban J connectivity index is 1.87. The van der Waals surface area contributed by atoms with Gasteiger partial charge in [-0.3, -0.25) is 4.79 Å². The molecule has 0 aromatic heterocycles. The molecule has 0 aromatic rings. The van der Waals surface area contributed by atoms with Crippen LogP contribution < -0.4 is 0 Å². The molecule has 3 amide bonds. The average Bonchev–Trinajstić information content (AvgIpc) is 3.47. The third kappa shape index (κ3) is 6.84. The number of hydrogen-bond acceptors (Lipinski definition) is 10. The molecule has 42 heavy (non-hydrogen) atoms. The summed E-state index contributed by atoms with van der Waals surface area (Å²) in [6.07, 6.45) is 2.97. The van der Waals surface area contributed by atoms with Crippen LogP contribution in [0.15, 0.2) is 48.6 Å². The molecule has 0 aromatic carbocycles. The van der Waals surface area contributed by atoms with Gasteiger partial charge in [-0.2, -0.15) is 0 Å². The van der Waals surface area contributed by atoms with Crippen molar-refractivity contribution in [1.82, 2.24) is 14.7 Å². The summed E-state index contributed by atoms with van der Waals surface area (Å²) in [5, 5.41) is 20.2. The highest BCUT2D eigenvalue weighted by atomic mass is 32.2. The number of carbonyl (C=O) groups excluding carboxylic acids is 4. The van der Waals surface area contributed by atoms with Gasteiger partial charge in [0.05, 0.1) is 30.7 Å². The Morgan fingerprint density at radius 1 is 1.12 bits per heavy atom. The Labute approximate surface area is 250 Å². The summed E-state index contributed by atoms with van der Waals surface area (Å²) < 4.78 is 15.8. The zero-order valence-electron chi connectivity index (χ0n) is 24.3. The van der Waals surface area contributed by atoms with Crippen molar-refractivity contribution in [3.05, 3.63) is 48.6 Å². The highest BCUT2D eigenvalue weighted by Gasteiger charge is 2.60. The van der Waals surface area contributed by atoms with Crippen molar-refractivity contribution in [3.8, 4) is 0 Å². The summed E-state index contributed by atoms with van der Waals surface area (Å²) in [6, 6.07) is -1.44. The molecule has 1 unspecified atom stereocenters. The molecule has 2 saturated heterocycles. The van der Waals surface area contributed by atoms with Crippen LogP contribution in [0, 0.1) is 11.8 Å². The van der Waals surface area contributed by atoms with Crippen molar-refractivity contribution in [2.45, 2.75) is 56.2 Å². The quantitative estimate of drug-likeness (QED) is 0.131. The third-order valence-electron chi connectivity index (χ3n) is 7.78. The lowest BCUT2D eigenvalue weighted by Gasteiger charge is -2.46. The summed E-state index contributed by atoms with van der Waals surface area (Å²) in [5.74, 6) is -1.88. The molecule has 0 radical (unpaired) electrons. The lowest BCUT2D eigenvalue weighted by Crippen LogP contribution is -2.63. The molecule has 3 aliphatic rings. The number of likely N-dealkylation sites (N-methyl/N-ethyl adjacent to an activating group) is 1. The maximum absolute atomic E-state index is 13.1. The molecule has 232 valence electrons. The second-order valence-corrected chi connectivity index (χ2v) is 11.9. The van der Waals surface area contributed by atoms with Gasteiger partial charge in [-0.15, -0.1) is 11.8 Å². The Kier molecular flexibility index (Phi) is 11.7. The summed E-state index contributed by atoms with van der Waals surface area (Å²) in [5.41, 5.74) is 0.156. The predicted molar refractivity (Wildman–Crippen MR) is 156 cm³/mol. The molecule has 7 atom stereocenters. The predicted octanol–water partition coefficient (Wildman–Crippen LogP) is 2.29. The highest BCUT2D eigenvalue weighted by molar-refractivity contribution is 8.03. The van der Waals surface area contributed by atoms with E-state index in [0.29, 0.717) is 11.3 Å². The van der Waals surface area contributed by atoms with Gasteiger partial charge in [0.1, 0.15) is 25.5 Å². The molecule has 0 aliphatic carbocycles. The van der Waals surface area contributed by atoms with Crippen LogP contribution in [0.25, 0.3) is 0 Å². The number of esters is 1. The summed E-state index contributed by atoms with van der Waals surface area (Å²) in [4.78, 5) is 56.5. The first-order valence-corrected chi connectivity index (χ1v) is 14.8. The molecular weight excluding hydrogens is 566 g/mol. The van der Waals surface area contributed by atoms with Crippen LogP contribution in [0.2, 0.25) is 0 Å². The number of ether oxygens (including phenoxy) is 3. The number of thioether (sulfide) groups is 1. The van der Waals surface area contributed by atoms with Crippen molar-refractivity contribution in [2.75, 3.05) is 40.0 Å². The van der Waals surface area contributed by atoms with E-state index in [2.05, 4.69) is 19.7 Å². The minimum atomic E-state index is -0.882. The van der Waals surface area contributed by atoms with Gasteiger partial charge in [0, 0.05) is 35.7 Å². The first-order chi connectivity index (χ1) is 20.0. The van der Waals surface area contributed by atoms with Gasteiger partial charge in [0.15, 0.2) is 0 Å². The van der Waals surface area contributed by atoms with Crippen molar-refractivity contribution in [1.29, 1.82) is 0 Å². The minimum absolute atomic E-state index is 0.0119. The molecule has 3 aliphatic heterocycles. The van der Waals surface area contributed by atoms with Gasteiger partial charge in [-0.25, -0.2) is 14.4 Å². The Bertz CT molecular complexity index is 1110. The molecule has 0 spiro atoms. The number of aliphatic hydroxyl groups excluding tert-OH is 2. The largest absolute Gasteiger partial charge is 0.457 e. The first-order valence-electron chi connectivity index (χ1n) is 13.9. The molecule has 0 bridgehead atoms. The third-order valence-corrected chi connectivity index (χ3v) is 9.27. The number of likely N-dealkylation sites (tertiary alicyclic amines) is 1. The van der Waals surface area contributed by atoms with E-state index < -0.39 is 42.3 Å². The maximum Gasteiger partial charge on any atom is 0.410 e. The van der Waals surface area contributed by atoms with Gasteiger partial charge >= 0.3 is 18.2 Å². The SMILES string of the molecule is C=CCOC(=O)C1=C(S[C@H]2C[C@@H](CC(CO)N(C)C(=O)OCC=C)N(C(=O)OCC=C)C2)[C@H](C)[C@@H]2[C@@H]([C@@H](C)O)C(=O)N12. The van der Waals surface area contributed by atoms with Gasteiger partial charge in [0.25, 0.3) is 0 Å².